The van der Waals surface area contributed by atoms with Gasteiger partial charge in [-0.2, -0.15) is 0 Å². The van der Waals surface area contributed by atoms with Gasteiger partial charge in [-0.1, -0.05) is 32.9 Å². The van der Waals surface area contributed by atoms with Gasteiger partial charge in [-0.25, -0.2) is 9.59 Å². The summed E-state index contributed by atoms with van der Waals surface area (Å²) in [4.78, 5) is 66.1. The van der Waals surface area contributed by atoms with E-state index in [1.54, 1.807) is 24.3 Å². The van der Waals surface area contributed by atoms with Crippen LogP contribution in [0.5, 0.6) is 0 Å². The summed E-state index contributed by atoms with van der Waals surface area (Å²) in [6, 6.07) is 5.22. The van der Waals surface area contributed by atoms with Crippen molar-refractivity contribution in [2.45, 2.75) is 52.5 Å². The van der Waals surface area contributed by atoms with E-state index in [0.717, 1.165) is 34.6 Å². The van der Waals surface area contributed by atoms with E-state index in [0.29, 0.717) is 16.5 Å². The van der Waals surface area contributed by atoms with E-state index in [-0.39, 0.29) is 23.5 Å². The van der Waals surface area contributed by atoms with E-state index in [1.807, 2.05) is 13.8 Å². The number of rotatable bonds is 8. The van der Waals surface area contributed by atoms with Crippen LogP contribution in [0.1, 0.15) is 75.1 Å². The minimum atomic E-state index is -1.17. The number of nitrogens with zero attached hydrogens (tertiary/aromatic N) is 1. The monoisotopic (exact) mass is 526 g/mol. The second kappa shape index (κ2) is 10.8. The van der Waals surface area contributed by atoms with E-state index >= 15 is 0 Å². The number of nitrogens with one attached hydrogen (secondary N) is 1. The lowest BCUT2D eigenvalue weighted by atomic mass is 9.88. The molecule has 3 amide bonds. The van der Waals surface area contributed by atoms with Crippen molar-refractivity contribution < 1.29 is 33.4 Å². The average Bonchev–Trinajstić information content (AvgIpc) is 3.34. The molecule has 2 unspecified atom stereocenters. The lowest BCUT2D eigenvalue weighted by Gasteiger charge is -2.25. The number of amides is 3. The van der Waals surface area contributed by atoms with Crippen molar-refractivity contribution >= 4 is 46.0 Å². The molecule has 0 saturated heterocycles. The van der Waals surface area contributed by atoms with Gasteiger partial charge in [-0.05, 0) is 55.2 Å². The van der Waals surface area contributed by atoms with E-state index in [4.69, 9.17) is 9.47 Å². The highest BCUT2D eigenvalue weighted by Crippen LogP contribution is 2.40. The highest BCUT2D eigenvalue weighted by molar-refractivity contribution is 7.17. The highest BCUT2D eigenvalue weighted by atomic mass is 32.1. The summed E-state index contributed by atoms with van der Waals surface area (Å²) in [5, 5.41) is 3.05. The Balaban J connectivity index is 1.47. The second-order valence-corrected chi connectivity index (χ2v) is 11.0. The normalized spacial score (nSPS) is 17.3. The lowest BCUT2D eigenvalue weighted by molar-refractivity contribution is -0.151. The number of benzene rings is 1. The lowest BCUT2D eigenvalue weighted by Crippen LogP contribution is -2.46. The minimum Gasteiger partial charge on any atom is -0.465 e. The Morgan fingerprint density at radius 1 is 1.14 bits per heavy atom. The maximum Gasteiger partial charge on any atom is 0.341 e. The van der Waals surface area contributed by atoms with Crippen LogP contribution >= 0.6 is 11.3 Å². The first-order chi connectivity index (χ1) is 17.6. The SMILES string of the molecule is COC(=O)c1c(NC(=O)COC(=O)C(CC(C)C)N2C(=O)c3ccccc3C2=O)sc2c1CCC(C)C2. The summed E-state index contributed by atoms with van der Waals surface area (Å²) in [5.74, 6) is -2.68. The molecule has 2 atom stereocenters. The Bertz CT molecular complexity index is 1230. The Labute approximate surface area is 219 Å². The molecule has 0 saturated carbocycles. The predicted octanol–water partition coefficient (Wildman–Crippen LogP) is 3.85. The van der Waals surface area contributed by atoms with Crippen LogP contribution in [-0.4, -0.2) is 54.3 Å². The number of methoxy groups -OCH3 is 1. The topological polar surface area (TPSA) is 119 Å². The van der Waals surface area contributed by atoms with Crippen LogP contribution in [0.25, 0.3) is 0 Å². The number of imide groups is 1. The summed E-state index contributed by atoms with van der Waals surface area (Å²) in [7, 11) is 1.29. The quantitative estimate of drug-likeness (QED) is 0.410. The molecule has 37 heavy (non-hydrogen) atoms. The first kappa shape index (κ1) is 26.5. The molecule has 1 aromatic carbocycles. The Hall–Kier alpha value is -3.53. The third kappa shape index (κ3) is 5.29. The van der Waals surface area contributed by atoms with Gasteiger partial charge in [0.15, 0.2) is 6.61 Å². The summed E-state index contributed by atoms with van der Waals surface area (Å²) in [5.41, 5.74) is 1.71. The fraction of sp³-hybridized carbons (Fsp3) is 0.444. The van der Waals surface area contributed by atoms with Gasteiger partial charge in [-0.3, -0.25) is 19.3 Å². The van der Waals surface area contributed by atoms with Crippen LogP contribution in [-0.2, 0) is 31.9 Å². The van der Waals surface area contributed by atoms with Crippen molar-refractivity contribution in [2.75, 3.05) is 19.0 Å². The number of ether oxygens (including phenoxy) is 2. The van der Waals surface area contributed by atoms with Gasteiger partial charge in [-0.15, -0.1) is 11.3 Å². The maximum absolute atomic E-state index is 13.1. The molecular weight excluding hydrogens is 496 g/mol. The van der Waals surface area contributed by atoms with Gasteiger partial charge >= 0.3 is 11.9 Å². The van der Waals surface area contributed by atoms with Crippen molar-refractivity contribution in [3.8, 4) is 0 Å². The number of fused-ring (bicyclic) bond motifs is 2. The number of carbonyl (C=O) groups excluding carboxylic acids is 5. The number of esters is 2. The third-order valence-electron chi connectivity index (χ3n) is 6.60. The van der Waals surface area contributed by atoms with Gasteiger partial charge in [0.2, 0.25) is 0 Å². The number of hydrogen-bond donors (Lipinski definition) is 1. The first-order valence-corrected chi connectivity index (χ1v) is 13.1. The summed E-state index contributed by atoms with van der Waals surface area (Å²) in [6.07, 6.45) is 2.66. The van der Waals surface area contributed by atoms with E-state index < -0.39 is 42.3 Å². The highest BCUT2D eigenvalue weighted by Gasteiger charge is 2.43. The van der Waals surface area contributed by atoms with Gasteiger partial charge in [0.05, 0.1) is 23.8 Å². The van der Waals surface area contributed by atoms with Crippen LogP contribution in [0, 0.1) is 11.8 Å². The van der Waals surface area contributed by atoms with Crippen LogP contribution in [0.15, 0.2) is 24.3 Å². The molecule has 0 spiro atoms. The molecule has 9 nitrogen and oxygen atoms in total. The summed E-state index contributed by atoms with van der Waals surface area (Å²) >= 11 is 1.33. The Kier molecular flexibility index (Phi) is 7.77. The number of thiophene rings is 1. The zero-order chi connectivity index (χ0) is 26.9. The second-order valence-electron chi connectivity index (χ2n) is 9.87. The molecule has 2 heterocycles. The molecule has 2 aromatic rings. The van der Waals surface area contributed by atoms with Gasteiger partial charge in [0.1, 0.15) is 11.0 Å². The molecule has 2 aliphatic rings. The molecule has 10 heteroatoms. The van der Waals surface area contributed by atoms with Crippen LogP contribution < -0.4 is 5.32 Å². The predicted molar refractivity (Wildman–Crippen MR) is 137 cm³/mol. The number of carbonyl (C=O) groups is 5. The largest absolute Gasteiger partial charge is 0.465 e. The van der Waals surface area contributed by atoms with Crippen molar-refractivity contribution in [3.63, 3.8) is 0 Å². The molecule has 1 aromatic heterocycles. The van der Waals surface area contributed by atoms with Crippen molar-refractivity contribution in [3.05, 3.63) is 51.4 Å². The molecule has 0 fully saturated rings. The smallest absolute Gasteiger partial charge is 0.341 e. The van der Waals surface area contributed by atoms with Gasteiger partial charge in [0, 0.05) is 4.88 Å². The van der Waals surface area contributed by atoms with Gasteiger partial charge < -0.3 is 14.8 Å². The maximum atomic E-state index is 13.1. The Morgan fingerprint density at radius 3 is 2.38 bits per heavy atom. The van der Waals surface area contributed by atoms with Crippen molar-refractivity contribution in [2.24, 2.45) is 11.8 Å². The van der Waals surface area contributed by atoms with Crippen LogP contribution in [0.3, 0.4) is 0 Å². The van der Waals surface area contributed by atoms with Crippen LogP contribution in [0.4, 0.5) is 5.00 Å². The molecule has 1 aliphatic heterocycles. The molecule has 0 radical (unpaired) electrons. The van der Waals surface area contributed by atoms with Crippen LogP contribution in [0.2, 0.25) is 0 Å². The summed E-state index contributed by atoms with van der Waals surface area (Å²) in [6.45, 7) is 5.23. The Morgan fingerprint density at radius 2 is 1.78 bits per heavy atom. The van der Waals surface area contributed by atoms with E-state index in [2.05, 4.69) is 12.2 Å². The summed E-state index contributed by atoms with van der Waals surface area (Å²) < 4.78 is 10.2. The van der Waals surface area contributed by atoms with E-state index in [9.17, 15) is 24.0 Å². The average molecular weight is 527 g/mol. The zero-order valence-electron chi connectivity index (χ0n) is 21.3. The number of anilines is 1. The molecule has 0 bridgehead atoms. The van der Waals surface area contributed by atoms with Crippen molar-refractivity contribution in [1.29, 1.82) is 0 Å². The van der Waals surface area contributed by atoms with Crippen molar-refractivity contribution in [1.82, 2.24) is 4.90 Å². The fourth-order valence-corrected chi connectivity index (χ4v) is 6.21. The zero-order valence-corrected chi connectivity index (χ0v) is 22.1. The third-order valence-corrected chi connectivity index (χ3v) is 7.77. The van der Waals surface area contributed by atoms with E-state index in [1.165, 1.54) is 18.4 Å². The molecule has 196 valence electrons. The minimum absolute atomic E-state index is 0.0295. The molecular formula is C27H30N2O7S. The molecule has 1 aliphatic carbocycles. The standard InChI is InChI=1S/C27H30N2O7S/c1-14(2)11-19(29-24(31)16-7-5-6-8-17(16)25(29)32)26(33)36-13-21(30)28-23-22(27(34)35-4)18-10-9-15(3)12-20(18)37-23/h5-8,14-15,19H,9-13H2,1-4H3,(H,28,30). The number of hydrogen-bond acceptors (Lipinski definition) is 8. The van der Waals surface area contributed by atoms with Gasteiger partial charge in [0.25, 0.3) is 17.7 Å². The fourth-order valence-electron chi connectivity index (χ4n) is 4.80. The molecule has 4 rings (SSSR count). The molecule has 1 N–H and O–H groups in total. The first-order valence-electron chi connectivity index (χ1n) is 12.3.